The number of hydrogen-bond acceptors (Lipinski definition) is 0. The first kappa shape index (κ1) is 19.8. The molecular formula is C43H30. The van der Waals surface area contributed by atoms with Crippen molar-refractivity contribution in [2.45, 2.75) is 19.3 Å². The van der Waals surface area contributed by atoms with Gasteiger partial charge in [0.15, 0.2) is 0 Å². The summed E-state index contributed by atoms with van der Waals surface area (Å²) in [6.45, 7) is 4.64. The fraction of sp³-hybridized carbons (Fsp3) is 0.0698. The first-order valence-electron chi connectivity index (χ1n) is 17.3. The van der Waals surface area contributed by atoms with E-state index in [9.17, 15) is 0 Å². The molecule has 0 aliphatic heterocycles. The van der Waals surface area contributed by atoms with Crippen LogP contribution in [-0.4, -0.2) is 0 Å². The smallest absolute Gasteiger partial charge is 0.0622 e. The van der Waals surface area contributed by atoms with Gasteiger partial charge in [-0.25, -0.2) is 0 Å². The summed E-state index contributed by atoms with van der Waals surface area (Å²) < 4.78 is 42.1. The van der Waals surface area contributed by atoms with Crippen LogP contribution in [0.5, 0.6) is 0 Å². The van der Waals surface area contributed by atoms with Gasteiger partial charge in [0.25, 0.3) is 0 Å². The highest BCUT2D eigenvalue weighted by atomic mass is 14.4. The van der Waals surface area contributed by atoms with Crippen molar-refractivity contribution in [1.82, 2.24) is 0 Å². The fourth-order valence-corrected chi connectivity index (χ4v) is 7.58. The Morgan fingerprint density at radius 1 is 0.465 bits per heavy atom. The van der Waals surface area contributed by atoms with Gasteiger partial charge in [-0.2, -0.15) is 0 Å². The molecule has 0 fully saturated rings. The Kier molecular flexibility index (Phi) is 4.11. The van der Waals surface area contributed by atoms with E-state index in [1.165, 1.54) is 49.5 Å². The molecule has 0 saturated carbocycles. The van der Waals surface area contributed by atoms with E-state index in [4.69, 9.17) is 6.85 Å². The molecular weight excluding hydrogens is 516 g/mol. The van der Waals surface area contributed by atoms with E-state index in [0.717, 1.165) is 26.9 Å². The van der Waals surface area contributed by atoms with Gasteiger partial charge in [-0.05, 0) is 93.7 Å². The van der Waals surface area contributed by atoms with Crippen LogP contribution in [0.4, 0.5) is 0 Å². The fourth-order valence-electron chi connectivity index (χ4n) is 7.58. The third-order valence-corrected chi connectivity index (χ3v) is 9.55. The molecule has 0 bridgehead atoms. The maximum Gasteiger partial charge on any atom is 0.0629 e. The van der Waals surface area contributed by atoms with E-state index in [0.29, 0.717) is 5.56 Å². The highest BCUT2D eigenvalue weighted by Crippen LogP contribution is 2.51. The lowest BCUT2D eigenvalue weighted by Crippen LogP contribution is -2.23. The summed E-state index contributed by atoms with van der Waals surface area (Å²) in [6.07, 6.45) is 0. The maximum atomic E-state index is 8.70. The molecule has 0 radical (unpaired) electrons. The molecule has 43 heavy (non-hydrogen) atoms. The molecule has 9 rings (SSSR count). The van der Waals surface area contributed by atoms with Crippen molar-refractivity contribution in [3.63, 3.8) is 0 Å². The van der Waals surface area contributed by atoms with Crippen molar-refractivity contribution in [1.29, 1.82) is 0 Å². The van der Waals surface area contributed by atoms with Crippen molar-refractivity contribution >= 4 is 43.1 Å². The molecule has 8 aromatic rings. The van der Waals surface area contributed by atoms with Crippen molar-refractivity contribution in [2.75, 3.05) is 0 Å². The second-order valence-electron chi connectivity index (χ2n) is 12.1. The largest absolute Gasteiger partial charge is 0.0629 e. The first-order chi connectivity index (χ1) is 23.2. The van der Waals surface area contributed by atoms with Gasteiger partial charge >= 0.3 is 0 Å². The molecule has 0 unspecified atom stereocenters. The van der Waals surface area contributed by atoms with E-state index >= 15 is 0 Å². The highest BCUT2D eigenvalue weighted by Gasteiger charge is 2.33. The van der Waals surface area contributed by atoms with Gasteiger partial charge in [-0.1, -0.05) is 153 Å². The maximum absolute atomic E-state index is 8.70. The van der Waals surface area contributed by atoms with Gasteiger partial charge in [-0.15, -0.1) is 0 Å². The molecule has 1 aliphatic rings. The Bertz CT molecular complexity index is 2670. The minimum atomic E-state index is -0.386. The summed E-state index contributed by atoms with van der Waals surface area (Å²) in [5, 5.41) is 8.79. The molecule has 0 heterocycles. The lowest BCUT2D eigenvalue weighted by Gasteiger charge is -2.35. The highest BCUT2D eigenvalue weighted by molar-refractivity contribution is 6.24. The zero-order valence-electron chi connectivity index (χ0n) is 29.0. The van der Waals surface area contributed by atoms with Gasteiger partial charge in [0.05, 0.1) is 6.85 Å². The van der Waals surface area contributed by atoms with Crippen LogP contribution in [-0.2, 0) is 5.41 Å². The first-order valence-corrected chi connectivity index (χ1v) is 14.8. The van der Waals surface area contributed by atoms with Gasteiger partial charge < -0.3 is 0 Å². The quantitative estimate of drug-likeness (QED) is 0.148. The van der Waals surface area contributed by atoms with E-state index in [1.54, 1.807) is 0 Å². The van der Waals surface area contributed by atoms with Crippen LogP contribution in [0.3, 0.4) is 0 Å². The normalized spacial score (nSPS) is 15.2. The van der Waals surface area contributed by atoms with E-state index in [1.807, 2.05) is 12.1 Å². The predicted molar refractivity (Wildman–Crippen MR) is 185 cm³/mol. The Morgan fingerprint density at radius 3 is 2.05 bits per heavy atom. The molecule has 0 N–H and O–H groups in total. The number of rotatable bonds is 2. The van der Waals surface area contributed by atoms with Gasteiger partial charge in [0.2, 0.25) is 0 Å². The Hall–Kier alpha value is -5.20. The number of hydrogen-bond donors (Lipinski definition) is 0. The van der Waals surface area contributed by atoms with E-state index in [-0.39, 0.29) is 41.2 Å². The third kappa shape index (κ3) is 3.38. The second kappa shape index (κ2) is 8.90. The average Bonchev–Trinajstić information content (AvgIpc) is 3.11. The van der Waals surface area contributed by atoms with Crippen LogP contribution in [0.15, 0.2) is 145 Å². The van der Waals surface area contributed by atoms with Crippen LogP contribution in [0, 0.1) is 0 Å². The summed E-state index contributed by atoms with van der Waals surface area (Å²) in [5.74, 6) is 0. The minimum Gasteiger partial charge on any atom is -0.0622 e. The van der Waals surface area contributed by atoms with Crippen molar-refractivity contribution < 1.29 is 6.85 Å². The molecule has 8 aromatic carbocycles. The summed E-state index contributed by atoms with van der Waals surface area (Å²) in [4.78, 5) is 0. The molecule has 0 heteroatoms. The van der Waals surface area contributed by atoms with Crippen molar-refractivity contribution in [3.8, 4) is 33.4 Å². The standard InChI is InChI=1S/C43H30/c1-43(2)39-20-9-8-16-33(39)35-24-25-36(34-19-11-21-40(43)42(34)35)41-30-15-7-6-14-28(30)26-38-31-18-10-17-29(27-12-4-3-5-13-27)32(31)22-23-37(38)41/h3-26H,1-2H3/i3D,4D,5D,12D,13D. The summed E-state index contributed by atoms with van der Waals surface area (Å²) >= 11 is 0. The molecule has 202 valence electrons. The van der Waals surface area contributed by atoms with Crippen LogP contribution in [0.1, 0.15) is 31.8 Å². The van der Waals surface area contributed by atoms with Crippen LogP contribution >= 0.6 is 0 Å². The lowest BCUT2D eigenvalue weighted by molar-refractivity contribution is 0.645. The Labute approximate surface area is 258 Å². The average molecular weight is 552 g/mol. The minimum absolute atomic E-state index is 0.154. The summed E-state index contributed by atoms with van der Waals surface area (Å²) in [5.41, 5.74) is 8.25. The van der Waals surface area contributed by atoms with Crippen molar-refractivity contribution in [3.05, 3.63) is 157 Å². The topological polar surface area (TPSA) is 0 Å². The van der Waals surface area contributed by atoms with Crippen LogP contribution in [0.25, 0.3) is 76.5 Å². The molecule has 0 saturated heterocycles. The second-order valence-corrected chi connectivity index (χ2v) is 12.1. The van der Waals surface area contributed by atoms with Crippen molar-refractivity contribution in [2.24, 2.45) is 0 Å². The van der Waals surface area contributed by atoms with E-state index in [2.05, 4.69) is 117 Å². The Balaban J connectivity index is 1.39. The number of fused-ring (bicyclic) bond motifs is 6. The monoisotopic (exact) mass is 551 g/mol. The summed E-state index contributed by atoms with van der Waals surface area (Å²) in [6, 6.07) is 39.4. The van der Waals surface area contributed by atoms with Gasteiger partial charge in [0, 0.05) is 5.41 Å². The molecule has 0 atom stereocenters. The van der Waals surface area contributed by atoms with Gasteiger partial charge in [-0.3, -0.25) is 0 Å². The molecule has 0 amide bonds. The number of benzene rings is 8. The predicted octanol–water partition coefficient (Wildman–Crippen LogP) is 11.9. The molecule has 1 aliphatic carbocycles. The van der Waals surface area contributed by atoms with Gasteiger partial charge in [0.1, 0.15) is 0 Å². The Morgan fingerprint density at radius 2 is 1.14 bits per heavy atom. The molecule has 0 nitrogen and oxygen atoms in total. The van der Waals surface area contributed by atoms with E-state index < -0.39 is 0 Å². The lowest BCUT2D eigenvalue weighted by atomic mass is 9.68. The molecule has 0 aromatic heterocycles. The SMILES string of the molecule is [2H]c1c([2H])c([2H])c(-c2cccc3c2ccc2c(-c4ccc5c6c(cccc46)C(C)(C)c4ccccc4-5)c4ccccc4cc23)c([2H])c1[2H]. The van der Waals surface area contributed by atoms with Crippen LogP contribution in [0.2, 0.25) is 0 Å². The third-order valence-electron chi connectivity index (χ3n) is 9.55. The zero-order valence-corrected chi connectivity index (χ0v) is 24.0. The zero-order chi connectivity index (χ0) is 33.1. The molecule has 0 spiro atoms. The van der Waals surface area contributed by atoms with Crippen LogP contribution < -0.4 is 0 Å². The summed E-state index contributed by atoms with van der Waals surface area (Å²) in [7, 11) is 0.